The largest absolute Gasteiger partial charge is 0.384 e. The van der Waals surface area contributed by atoms with Crippen molar-refractivity contribution in [1.82, 2.24) is 4.72 Å². The van der Waals surface area contributed by atoms with Gasteiger partial charge in [0.05, 0.1) is 10.6 Å². The Kier molecular flexibility index (Phi) is 3.46. The predicted octanol–water partition coefficient (Wildman–Crippen LogP) is 2.49. The fourth-order valence-electron chi connectivity index (χ4n) is 1.97. The van der Waals surface area contributed by atoms with Gasteiger partial charge in [-0.15, -0.1) is 0 Å². The third-order valence-corrected chi connectivity index (χ3v) is 4.96. The Morgan fingerprint density at radius 3 is 2.61 bits per heavy atom. The van der Waals surface area contributed by atoms with Crippen LogP contribution in [0.25, 0.3) is 0 Å². The van der Waals surface area contributed by atoms with Gasteiger partial charge in [-0.25, -0.2) is 13.1 Å². The highest BCUT2D eigenvalue weighted by Gasteiger charge is 2.25. The standard InChI is InChI=1S/C12H17BrN2O2S/c1-12(2,3)15-18(16,17)9-6-8-4-5-14-11(8)10(13)7-9/h6-7,14-15H,4-5H2,1-3H3. The molecular formula is C12H17BrN2O2S. The van der Waals surface area contributed by atoms with E-state index in [0.29, 0.717) is 4.90 Å². The van der Waals surface area contributed by atoms with E-state index in [1.165, 1.54) is 0 Å². The number of nitrogens with one attached hydrogen (secondary N) is 2. The summed E-state index contributed by atoms with van der Waals surface area (Å²) in [4.78, 5) is 0.312. The number of fused-ring (bicyclic) bond motifs is 1. The van der Waals surface area contributed by atoms with Crippen LogP contribution in [-0.2, 0) is 16.4 Å². The van der Waals surface area contributed by atoms with Crippen LogP contribution in [0.1, 0.15) is 26.3 Å². The fraction of sp³-hybridized carbons (Fsp3) is 0.500. The van der Waals surface area contributed by atoms with Crippen molar-refractivity contribution in [2.45, 2.75) is 37.6 Å². The molecule has 0 aromatic heterocycles. The molecule has 2 N–H and O–H groups in total. The normalized spacial score (nSPS) is 15.3. The molecule has 0 saturated heterocycles. The Balaban J connectivity index is 2.44. The molecule has 0 bridgehead atoms. The van der Waals surface area contributed by atoms with Crippen LogP contribution in [-0.4, -0.2) is 20.5 Å². The van der Waals surface area contributed by atoms with E-state index in [-0.39, 0.29) is 0 Å². The molecule has 0 amide bonds. The summed E-state index contributed by atoms with van der Waals surface area (Å²) in [6.45, 7) is 6.34. The lowest BCUT2D eigenvalue weighted by atomic mass is 10.1. The predicted molar refractivity (Wildman–Crippen MR) is 76.4 cm³/mol. The van der Waals surface area contributed by atoms with Gasteiger partial charge in [-0.05, 0) is 60.8 Å². The molecular weight excluding hydrogens is 316 g/mol. The highest BCUT2D eigenvalue weighted by atomic mass is 79.9. The van der Waals surface area contributed by atoms with Crippen LogP contribution in [0.5, 0.6) is 0 Å². The molecule has 0 unspecified atom stereocenters. The number of hydrogen-bond acceptors (Lipinski definition) is 3. The third-order valence-electron chi connectivity index (χ3n) is 2.59. The lowest BCUT2D eigenvalue weighted by Crippen LogP contribution is -2.40. The zero-order chi connectivity index (χ0) is 13.6. The van der Waals surface area contributed by atoms with E-state index in [2.05, 4.69) is 26.0 Å². The molecule has 100 valence electrons. The van der Waals surface area contributed by atoms with Crippen molar-refractivity contribution in [3.63, 3.8) is 0 Å². The van der Waals surface area contributed by atoms with E-state index in [0.717, 1.165) is 28.7 Å². The van der Waals surface area contributed by atoms with E-state index in [9.17, 15) is 8.42 Å². The minimum atomic E-state index is -3.47. The minimum Gasteiger partial charge on any atom is -0.384 e. The molecule has 1 aliphatic rings. The van der Waals surface area contributed by atoms with Gasteiger partial charge in [0.2, 0.25) is 10.0 Å². The lowest BCUT2D eigenvalue weighted by Gasteiger charge is -2.20. The van der Waals surface area contributed by atoms with E-state index >= 15 is 0 Å². The number of halogens is 1. The maximum atomic E-state index is 12.2. The monoisotopic (exact) mass is 332 g/mol. The van der Waals surface area contributed by atoms with Gasteiger partial charge in [0, 0.05) is 16.6 Å². The molecule has 0 radical (unpaired) electrons. The third kappa shape index (κ3) is 2.87. The maximum Gasteiger partial charge on any atom is 0.241 e. The molecule has 0 fully saturated rings. The van der Waals surface area contributed by atoms with Crippen molar-refractivity contribution in [2.75, 3.05) is 11.9 Å². The second kappa shape index (κ2) is 4.51. The molecule has 4 nitrogen and oxygen atoms in total. The minimum absolute atomic E-state index is 0.312. The van der Waals surface area contributed by atoms with Crippen molar-refractivity contribution in [3.05, 3.63) is 22.2 Å². The molecule has 0 spiro atoms. The smallest absolute Gasteiger partial charge is 0.241 e. The summed E-state index contributed by atoms with van der Waals surface area (Å²) in [5, 5.41) is 3.23. The zero-order valence-electron chi connectivity index (χ0n) is 10.7. The first-order valence-electron chi connectivity index (χ1n) is 5.79. The maximum absolute atomic E-state index is 12.2. The van der Waals surface area contributed by atoms with E-state index in [4.69, 9.17) is 0 Å². The Hall–Kier alpha value is -0.590. The summed E-state index contributed by atoms with van der Waals surface area (Å²) < 4.78 is 28.0. The zero-order valence-corrected chi connectivity index (χ0v) is 13.1. The van der Waals surface area contributed by atoms with Crippen molar-refractivity contribution in [3.8, 4) is 0 Å². The summed E-state index contributed by atoms with van der Waals surface area (Å²) >= 11 is 3.42. The van der Waals surface area contributed by atoms with E-state index in [1.807, 2.05) is 20.8 Å². The molecule has 18 heavy (non-hydrogen) atoms. The first-order valence-corrected chi connectivity index (χ1v) is 8.07. The van der Waals surface area contributed by atoms with Crippen LogP contribution >= 0.6 is 15.9 Å². The summed E-state index contributed by atoms with van der Waals surface area (Å²) in [5.41, 5.74) is 1.56. The summed E-state index contributed by atoms with van der Waals surface area (Å²) in [6, 6.07) is 3.39. The van der Waals surface area contributed by atoms with Gasteiger partial charge in [0.15, 0.2) is 0 Å². The van der Waals surface area contributed by atoms with E-state index in [1.54, 1.807) is 12.1 Å². The SMILES string of the molecule is CC(C)(C)NS(=O)(=O)c1cc(Br)c2c(c1)CCN2. The van der Waals surface area contributed by atoms with Crippen LogP contribution in [0.15, 0.2) is 21.5 Å². The Labute approximate surface area is 116 Å². The molecule has 1 aromatic carbocycles. The number of anilines is 1. The molecule has 0 saturated carbocycles. The number of benzene rings is 1. The topological polar surface area (TPSA) is 58.2 Å². The molecule has 2 rings (SSSR count). The first-order chi connectivity index (χ1) is 8.19. The van der Waals surface area contributed by atoms with Gasteiger partial charge in [0.25, 0.3) is 0 Å². The van der Waals surface area contributed by atoms with Crippen LogP contribution < -0.4 is 10.0 Å². The van der Waals surface area contributed by atoms with Gasteiger partial charge >= 0.3 is 0 Å². The molecule has 1 aliphatic heterocycles. The van der Waals surface area contributed by atoms with Gasteiger partial charge < -0.3 is 5.32 Å². The highest BCUT2D eigenvalue weighted by Crippen LogP contribution is 2.33. The van der Waals surface area contributed by atoms with Gasteiger partial charge in [-0.1, -0.05) is 0 Å². The molecule has 0 atom stereocenters. The summed E-state index contributed by atoms with van der Waals surface area (Å²) in [5.74, 6) is 0. The van der Waals surface area contributed by atoms with E-state index < -0.39 is 15.6 Å². The Morgan fingerprint density at radius 2 is 2.00 bits per heavy atom. The highest BCUT2D eigenvalue weighted by molar-refractivity contribution is 9.10. The van der Waals surface area contributed by atoms with Crippen molar-refractivity contribution in [1.29, 1.82) is 0 Å². The number of sulfonamides is 1. The molecule has 6 heteroatoms. The average molecular weight is 333 g/mol. The van der Waals surface area contributed by atoms with Crippen molar-refractivity contribution in [2.24, 2.45) is 0 Å². The number of hydrogen-bond donors (Lipinski definition) is 2. The van der Waals surface area contributed by atoms with Gasteiger partial charge in [0.1, 0.15) is 0 Å². The Bertz CT molecular complexity index is 576. The summed E-state index contributed by atoms with van der Waals surface area (Å²) in [6.07, 6.45) is 0.854. The van der Waals surface area contributed by atoms with Crippen LogP contribution in [0.2, 0.25) is 0 Å². The summed E-state index contributed by atoms with van der Waals surface area (Å²) in [7, 11) is -3.47. The first kappa shape index (κ1) is 13.8. The Morgan fingerprint density at radius 1 is 1.33 bits per heavy atom. The second-order valence-electron chi connectivity index (χ2n) is 5.47. The van der Waals surface area contributed by atoms with Crippen molar-refractivity contribution >= 4 is 31.6 Å². The quantitative estimate of drug-likeness (QED) is 0.874. The van der Waals surface area contributed by atoms with Gasteiger partial charge in [-0.2, -0.15) is 0 Å². The second-order valence-corrected chi connectivity index (χ2v) is 8.01. The average Bonchev–Trinajstić information content (AvgIpc) is 2.61. The fourth-order valence-corrected chi connectivity index (χ4v) is 4.26. The van der Waals surface area contributed by atoms with Crippen LogP contribution in [0, 0.1) is 0 Å². The molecule has 0 aliphatic carbocycles. The molecule has 1 aromatic rings. The lowest BCUT2D eigenvalue weighted by molar-refractivity contribution is 0.491. The van der Waals surface area contributed by atoms with Crippen LogP contribution in [0.3, 0.4) is 0 Å². The number of rotatable bonds is 2. The van der Waals surface area contributed by atoms with Gasteiger partial charge in [-0.3, -0.25) is 0 Å². The molecule has 1 heterocycles. The van der Waals surface area contributed by atoms with Crippen molar-refractivity contribution < 1.29 is 8.42 Å². The van der Waals surface area contributed by atoms with Crippen LogP contribution in [0.4, 0.5) is 5.69 Å².